The van der Waals surface area contributed by atoms with E-state index in [1.54, 1.807) is 0 Å². The van der Waals surface area contributed by atoms with Gasteiger partial charge in [0.25, 0.3) is 0 Å². The molecular weight excluding hydrogens is 318 g/mol. The number of likely N-dealkylation sites (N-methyl/N-ethyl adjacent to an activating group) is 1. The van der Waals surface area contributed by atoms with E-state index in [9.17, 15) is 5.11 Å². The second-order valence-electron chi connectivity index (χ2n) is 6.75. The molecule has 0 aliphatic heterocycles. The van der Waals surface area contributed by atoms with Gasteiger partial charge in [0.15, 0.2) is 0 Å². The lowest BCUT2D eigenvalue weighted by Crippen LogP contribution is -2.38. The topological polar surface area (TPSA) is 41.3 Å². The molecule has 0 amide bonds. The Bertz CT molecular complexity index is 448. The monoisotopic (exact) mass is 343 g/mol. The van der Waals surface area contributed by atoms with E-state index in [0.29, 0.717) is 11.8 Å². The van der Waals surface area contributed by atoms with Crippen molar-refractivity contribution in [1.82, 2.24) is 14.7 Å². The van der Waals surface area contributed by atoms with Gasteiger partial charge in [0.2, 0.25) is 0 Å². The highest BCUT2D eigenvalue weighted by Gasteiger charge is 2.41. The Hall–Kier alpha value is -0.390. The molecule has 114 valence electrons. The minimum absolute atomic E-state index is 0.549. The predicted molar refractivity (Wildman–Crippen MR) is 84.6 cm³/mol. The number of rotatable bonds is 4. The average Bonchev–Trinajstić information content (AvgIpc) is 2.66. The van der Waals surface area contributed by atoms with Crippen molar-refractivity contribution in [2.24, 2.45) is 11.8 Å². The molecule has 0 bridgehead atoms. The van der Waals surface area contributed by atoms with E-state index < -0.39 is 5.60 Å². The Balaban J connectivity index is 2.28. The molecule has 4 nitrogen and oxygen atoms in total. The molecule has 0 saturated heterocycles. The number of hydrogen-bond donors (Lipinski definition) is 1. The van der Waals surface area contributed by atoms with Crippen LogP contribution in [0.2, 0.25) is 0 Å². The lowest BCUT2D eigenvalue weighted by molar-refractivity contribution is -0.0439. The van der Waals surface area contributed by atoms with Gasteiger partial charge in [0.05, 0.1) is 22.9 Å². The van der Waals surface area contributed by atoms with Crippen LogP contribution < -0.4 is 0 Å². The minimum atomic E-state index is -0.751. The molecule has 0 radical (unpaired) electrons. The van der Waals surface area contributed by atoms with Gasteiger partial charge in [-0.25, -0.2) is 0 Å². The Kier molecular flexibility index (Phi) is 4.92. The van der Waals surface area contributed by atoms with Crippen LogP contribution in [0.15, 0.2) is 10.7 Å². The summed E-state index contributed by atoms with van der Waals surface area (Å²) in [6, 6.07) is 0. The molecule has 1 aliphatic rings. The van der Waals surface area contributed by atoms with Gasteiger partial charge in [-0.2, -0.15) is 5.10 Å². The normalized spacial score (nSPS) is 30.9. The Morgan fingerprint density at radius 3 is 2.55 bits per heavy atom. The van der Waals surface area contributed by atoms with Crippen molar-refractivity contribution in [2.45, 2.75) is 45.3 Å². The zero-order chi connectivity index (χ0) is 14.9. The van der Waals surface area contributed by atoms with Gasteiger partial charge in [-0.05, 0) is 61.1 Å². The Morgan fingerprint density at radius 1 is 1.40 bits per heavy atom. The van der Waals surface area contributed by atoms with Crippen LogP contribution in [0, 0.1) is 11.8 Å². The van der Waals surface area contributed by atoms with Crippen molar-refractivity contribution in [2.75, 3.05) is 20.6 Å². The summed E-state index contributed by atoms with van der Waals surface area (Å²) in [6.07, 6.45) is 4.66. The summed E-state index contributed by atoms with van der Waals surface area (Å²) < 4.78 is 2.90. The van der Waals surface area contributed by atoms with E-state index >= 15 is 0 Å². The predicted octanol–water partition coefficient (Wildman–Crippen LogP) is 2.85. The molecule has 0 aromatic carbocycles. The molecule has 1 heterocycles. The molecule has 1 saturated carbocycles. The van der Waals surface area contributed by atoms with Gasteiger partial charge >= 0.3 is 0 Å². The molecule has 5 heteroatoms. The second-order valence-corrected chi connectivity index (χ2v) is 7.61. The molecule has 1 aliphatic carbocycles. The molecule has 2 atom stereocenters. The van der Waals surface area contributed by atoms with Crippen LogP contribution in [0.5, 0.6) is 0 Å². The first-order valence-electron chi connectivity index (χ1n) is 7.40. The quantitative estimate of drug-likeness (QED) is 0.913. The van der Waals surface area contributed by atoms with Gasteiger partial charge in [0.1, 0.15) is 5.60 Å². The summed E-state index contributed by atoms with van der Waals surface area (Å²) >= 11 is 3.58. The first-order chi connectivity index (χ1) is 9.32. The summed E-state index contributed by atoms with van der Waals surface area (Å²) in [5.41, 5.74) is 0.205. The zero-order valence-electron chi connectivity index (χ0n) is 12.9. The maximum atomic E-state index is 11.2. The fraction of sp³-hybridized carbons (Fsp3) is 0.800. The Morgan fingerprint density at radius 2 is 2.00 bits per heavy atom. The highest BCUT2D eigenvalue weighted by atomic mass is 79.9. The third-order valence-electron chi connectivity index (χ3n) is 4.17. The van der Waals surface area contributed by atoms with Crippen molar-refractivity contribution in [3.05, 3.63) is 16.4 Å². The second kappa shape index (κ2) is 6.16. The van der Waals surface area contributed by atoms with E-state index in [0.717, 1.165) is 36.1 Å². The average molecular weight is 344 g/mol. The molecule has 2 unspecified atom stereocenters. The van der Waals surface area contributed by atoms with E-state index in [1.807, 2.05) is 10.9 Å². The summed E-state index contributed by atoms with van der Waals surface area (Å²) in [7, 11) is 4.11. The van der Waals surface area contributed by atoms with Gasteiger partial charge in [-0.1, -0.05) is 13.8 Å². The van der Waals surface area contributed by atoms with Crippen molar-refractivity contribution in [3.8, 4) is 0 Å². The van der Waals surface area contributed by atoms with Crippen LogP contribution in [-0.4, -0.2) is 40.4 Å². The van der Waals surface area contributed by atoms with Gasteiger partial charge in [-0.15, -0.1) is 0 Å². The molecular formula is C15H26BrN3O. The highest BCUT2D eigenvalue weighted by Crippen LogP contribution is 2.44. The molecule has 20 heavy (non-hydrogen) atoms. The lowest BCUT2D eigenvalue weighted by Gasteiger charge is -2.39. The van der Waals surface area contributed by atoms with Crippen LogP contribution in [0.3, 0.4) is 0 Å². The van der Waals surface area contributed by atoms with Gasteiger partial charge in [0, 0.05) is 6.54 Å². The molecule has 2 rings (SSSR count). The van der Waals surface area contributed by atoms with Crippen LogP contribution >= 0.6 is 15.9 Å². The van der Waals surface area contributed by atoms with Crippen LogP contribution in [0.4, 0.5) is 0 Å². The summed E-state index contributed by atoms with van der Waals surface area (Å²) in [4.78, 5) is 2.13. The summed E-state index contributed by atoms with van der Waals surface area (Å²) in [5, 5.41) is 15.6. The number of aromatic nitrogens is 2. The summed E-state index contributed by atoms with van der Waals surface area (Å²) in [5.74, 6) is 1.10. The van der Waals surface area contributed by atoms with E-state index in [2.05, 4.69) is 53.9 Å². The lowest BCUT2D eigenvalue weighted by atomic mass is 9.72. The van der Waals surface area contributed by atoms with Crippen molar-refractivity contribution in [1.29, 1.82) is 0 Å². The fourth-order valence-corrected chi connectivity index (χ4v) is 4.24. The van der Waals surface area contributed by atoms with Crippen LogP contribution in [0.1, 0.15) is 38.8 Å². The SMILES string of the molecule is CC1CC(C)CC(O)(c2c(Br)cnn2CCN(C)C)C1. The van der Waals surface area contributed by atoms with Crippen molar-refractivity contribution < 1.29 is 5.11 Å². The van der Waals surface area contributed by atoms with Gasteiger partial charge in [-0.3, -0.25) is 4.68 Å². The fourth-order valence-electron chi connectivity index (χ4n) is 3.57. The Labute approximate surface area is 130 Å². The zero-order valence-corrected chi connectivity index (χ0v) is 14.5. The van der Waals surface area contributed by atoms with Crippen LogP contribution in [-0.2, 0) is 12.1 Å². The number of halogens is 1. The van der Waals surface area contributed by atoms with Crippen molar-refractivity contribution >= 4 is 15.9 Å². The minimum Gasteiger partial charge on any atom is -0.384 e. The largest absolute Gasteiger partial charge is 0.384 e. The number of aliphatic hydroxyl groups is 1. The van der Waals surface area contributed by atoms with Crippen molar-refractivity contribution in [3.63, 3.8) is 0 Å². The number of hydrogen-bond acceptors (Lipinski definition) is 3. The van der Waals surface area contributed by atoms with Crippen LogP contribution in [0.25, 0.3) is 0 Å². The first-order valence-corrected chi connectivity index (χ1v) is 8.20. The maximum Gasteiger partial charge on any atom is 0.108 e. The third kappa shape index (κ3) is 3.43. The first kappa shape index (κ1) is 16.0. The molecule has 1 aromatic rings. The number of nitrogens with zero attached hydrogens (tertiary/aromatic N) is 3. The van der Waals surface area contributed by atoms with E-state index in [-0.39, 0.29) is 0 Å². The summed E-state index contributed by atoms with van der Waals surface area (Å²) in [6.45, 7) is 6.19. The molecule has 1 fully saturated rings. The maximum absolute atomic E-state index is 11.2. The standard InChI is InChI=1S/C15H26BrN3O/c1-11-7-12(2)9-15(20,8-11)14-13(16)10-17-19(14)6-5-18(3)4/h10-12,20H,5-9H2,1-4H3. The third-order valence-corrected chi connectivity index (χ3v) is 4.75. The molecule has 1 N–H and O–H groups in total. The highest BCUT2D eigenvalue weighted by molar-refractivity contribution is 9.10. The van der Waals surface area contributed by atoms with E-state index in [1.165, 1.54) is 6.42 Å². The van der Waals surface area contributed by atoms with E-state index in [4.69, 9.17) is 0 Å². The molecule has 1 aromatic heterocycles. The smallest absolute Gasteiger partial charge is 0.108 e. The van der Waals surface area contributed by atoms with Gasteiger partial charge < -0.3 is 10.0 Å². The molecule has 0 spiro atoms.